The first-order chi connectivity index (χ1) is 7.83. The zero-order valence-corrected chi connectivity index (χ0v) is 10.2. The molecule has 0 bridgehead atoms. The predicted octanol–water partition coefficient (Wildman–Crippen LogP) is 1.08. The molecule has 1 saturated heterocycles. The third-order valence-corrected chi connectivity index (χ3v) is 3.36. The van der Waals surface area contributed by atoms with Gasteiger partial charge in [0.05, 0.1) is 0 Å². The molecule has 1 aromatic rings. The molecule has 90 valence electrons. The van der Waals surface area contributed by atoms with Crippen LogP contribution in [-0.4, -0.2) is 36.4 Å². The molecule has 0 aliphatic carbocycles. The number of aromatic nitrogens is 2. The van der Waals surface area contributed by atoms with E-state index < -0.39 is 0 Å². The quantitative estimate of drug-likeness (QED) is 0.830. The summed E-state index contributed by atoms with van der Waals surface area (Å²) in [4.78, 5) is 4.51. The van der Waals surface area contributed by atoms with E-state index >= 15 is 0 Å². The number of rotatable bonds is 4. The van der Waals surface area contributed by atoms with Crippen LogP contribution >= 0.6 is 0 Å². The van der Waals surface area contributed by atoms with Crippen LogP contribution in [0.2, 0.25) is 0 Å². The standard InChI is InChI=1S/C12H21N3O/c1-13-6-3-12-14-9-11(15(12)2)10-4-7-16-8-5-10/h9-10,13H,3-8H2,1-2H3. The Bertz CT molecular complexity index is 329. The highest BCUT2D eigenvalue weighted by Gasteiger charge is 2.19. The van der Waals surface area contributed by atoms with E-state index in [1.165, 1.54) is 11.5 Å². The second-order valence-electron chi connectivity index (χ2n) is 4.40. The highest BCUT2D eigenvalue weighted by molar-refractivity contribution is 5.11. The third kappa shape index (κ3) is 2.44. The maximum absolute atomic E-state index is 5.39. The molecule has 1 aliphatic heterocycles. The van der Waals surface area contributed by atoms with Gasteiger partial charge in [0.25, 0.3) is 0 Å². The maximum Gasteiger partial charge on any atom is 0.109 e. The van der Waals surface area contributed by atoms with E-state index in [1.807, 2.05) is 13.2 Å². The molecule has 4 nitrogen and oxygen atoms in total. The van der Waals surface area contributed by atoms with Crippen LogP contribution in [0.15, 0.2) is 6.20 Å². The first kappa shape index (κ1) is 11.6. The summed E-state index contributed by atoms with van der Waals surface area (Å²) in [5, 5.41) is 3.16. The Morgan fingerprint density at radius 1 is 1.50 bits per heavy atom. The Balaban J connectivity index is 2.06. The number of hydrogen-bond acceptors (Lipinski definition) is 3. The Labute approximate surface area is 97.0 Å². The highest BCUT2D eigenvalue weighted by Crippen LogP contribution is 2.26. The molecule has 0 amide bonds. The van der Waals surface area contributed by atoms with Crippen molar-refractivity contribution in [3.63, 3.8) is 0 Å². The van der Waals surface area contributed by atoms with Crippen molar-refractivity contribution in [3.8, 4) is 0 Å². The summed E-state index contributed by atoms with van der Waals surface area (Å²) < 4.78 is 7.65. The Morgan fingerprint density at radius 3 is 2.94 bits per heavy atom. The maximum atomic E-state index is 5.39. The summed E-state index contributed by atoms with van der Waals surface area (Å²) in [5.41, 5.74) is 1.37. The summed E-state index contributed by atoms with van der Waals surface area (Å²) >= 11 is 0. The normalized spacial score (nSPS) is 17.9. The molecule has 1 N–H and O–H groups in total. The van der Waals surface area contributed by atoms with Crippen molar-refractivity contribution in [2.24, 2.45) is 7.05 Å². The lowest BCUT2D eigenvalue weighted by Crippen LogP contribution is -2.18. The van der Waals surface area contributed by atoms with Crippen molar-refractivity contribution in [1.29, 1.82) is 0 Å². The number of imidazole rings is 1. The van der Waals surface area contributed by atoms with Crippen molar-refractivity contribution in [3.05, 3.63) is 17.7 Å². The van der Waals surface area contributed by atoms with E-state index in [4.69, 9.17) is 4.74 Å². The van der Waals surface area contributed by atoms with Gasteiger partial charge in [-0.3, -0.25) is 0 Å². The van der Waals surface area contributed by atoms with Crippen molar-refractivity contribution in [1.82, 2.24) is 14.9 Å². The van der Waals surface area contributed by atoms with Crippen LogP contribution in [0, 0.1) is 0 Å². The van der Waals surface area contributed by atoms with Crippen LogP contribution in [0.1, 0.15) is 30.3 Å². The first-order valence-corrected chi connectivity index (χ1v) is 6.05. The second kappa shape index (κ2) is 5.46. The van der Waals surface area contributed by atoms with Crippen molar-refractivity contribution < 1.29 is 4.74 Å². The lowest BCUT2D eigenvalue weighted by atomic mass is 9.97. The van der Waals surface area contributed by atoms with Crippen LogP contribution < -0.4 is 5.32 Å². The van der Waals surface area contributed by atoms with Gasteiger partial charge >= 0.3 is 0 Å². The SMILES string of the molecule is CNCCc1ncc(C2CCOCC2)n1C. The van der Waals surface area contributed by atoms with Crippen molar-refractivity contribution >= 4 is 0 Å². The zero-order chi connectivity index (χ0) is 11.4. The minimum absolute atomic E-state index is 0.634. The highest BCUT2D eigenvalue weighted by atomic mass is 16.5. The van der Waals surface area contributed by atoms with Gasteiger partial charge in [0.2, 0.25) is 0 Å². The zero-order valence-electron chi connectivity index (χ0n) is 10.2. The molecule has 0 radical (unpaired) electrons. The largest absolute Gasteiger partial charge is 0.381 e. The van der Waals surface area contributed by atoms with E-state index in [9.17, 15) is 0 Å². The molecule has 16 heavy (non-hydrogen) atoms. The molecule has 0 saturated carbocycles. The summed E-state index contributed by atoms with van der Waals surface area (Å²) in [6.45, 7) is 2.77. The molecule has 4 heteroatoms. The summed E-state index contributed by atoms with van der Waals surface area (Å²) in [6, 6.07) is 0. The van der Waals surface area contributed by atoms with E-state index in [-0.39, 0.29) is 0 Å². The average molecular weight is 223 g/mol. The topological polar surface area (TPSA) is 39.1 Å². The number of ether oxygens (including phenoxy) is 1. The van der Waals surface area contributed by atoms with E-state index in [0.29, 0.717) is 5.92 Å². The first-order valence-electron chi connectivity index (χ1n) is 6.05. The molecule has 1 fully saturated rings. The summed E-state index contributed by atoms with van der Waals surface area (Å²) in [5.74, 6) is 1.81. The predicted molar refractivity (Wildman–Crippen MR) is 63.6 cm³/mol. The van der Waals surface area contributed by atoms with Crippen molar-refractivity contribution in [2.45, 2.75) is 25.2 Å². The molecule has 1 aromatic heterocycles. The van der Waals surface area contributed by atoms with Crippen molar-refractivity contribution in [2.75, 3.05) is 26.8 Å². The number of hydrogen-bond donors (Lipinski definition) is 1. The van der Waals surface area contributed by atoms with Crippen LogP contribution in [0.25, 0.3) is 0 Å². The molecule has 2 rings (SSSR count). The van der Waals surface area contributed by atoms with Gasteiger partial charge in [-0.2, -0.15) is 0 Å². The monoisotopic (exact) mass is 223 g/mol. The number of nitrogens with zero attached hydrogens (tertiary/aromatic N) is 2. The third-order valence-electron chi connectivity index (χ3n) is 3.36. The molecule has 2 heterocycles. The van der Waals surface area contributed by atoms with Gasteiger partial charge in [-0.25, -0.2) is 4.98 Å². The van der Waals surface area contributed by atoms with Crippen LogP contribution in [0.5, 0.6) is 0 Å². The van der Waals surface area contributed by atoms with Crippen LogP contribution in [-0.2, 0) is 18.2 Å². The minimum Gasteiger partial charge on any atom is -0.381 e. The molecule has 0 spiro atoms. The molecule has 0 aromatic carbocycles. The molecule has 0 unspecified atom stereocenters. The lowest BCUT2D eigenvalue weighted by molar-refractivity contribution is 0.0839. The fraction of sp³-hybridized carbons (Fsp3) is 0.750. The molecule has 0 atom stereocenters. The Kier molecular flexibility index (Phi) is 3.96. The number of likely N-dealkylation sites (N-methyl/N-ethyl adjacent to an activating group) is 1. The summed E-state index contributed by atoms with van der Waals surface area (Å²) in [6.07, 6.45) is 5.30. The minimum atomic E-state index is 0.634. The fourth-order valence-electron chi connectivity index (χ4n) is 2.30. The Hall–Kier alpha value is -0.870. The van der Waals surface area contributed by atoms with Gasteiger partial charge in [0.1, 0.15) is 5.82 Å². The van der Waals surface area contributed by atoms with E-state index in [1.54, 1.807) is 0 Å². The smallest absolute Gasteiger partial charge is 0.109 e. The average Bonchev–Trinajstić information content (AvgIpc) is 2.69. The molecule has 1 aliphatic rings. The van der Waals surface area contributed by atoms with E-state index in [2.05, 4.69) is 21.9 Å². The van der Waals surface area contributed by atoms with Gasteiger partial charge < -0.3 is 14.6 Å². The fourth-order valence-corrected chi connectivity index (χ4v) is 2.30. The van der Waals surface area contributed by atoms with E-state index in [0.717, 1.165) is 39.0 Å². The lowest BCUT2D eigenvalue weighted by Gasteiger charge is -2.22. The second-order valence-corrected chi connectivity index (χ2v) is 4.40. The molecular weight excluding hydrogens is 202 g/mol. The number of nitrogens with one attached hydrogen (secondary N) is 1. The van der Waals surface area contributed by atoms with Gasteiger partial charge in [0.15, 0.2) is 0 Å². The van der Waals surface area contributed by atoms with Gasteiger partial charge in [-0.15, -0.1) is 0 Å². The molecular formula is C12H21N3O. The van der Waals surface area contributed by atoms with Gasteiger partial charge in [0, 0.05) is 51.0 Å². The Morgan fingerprint density at radius 2 is 2.25 bits per heavy atom. The summed E-state index contributed by atoms with van der Waals surface area (Å²) in [7, 11) is 4.10. The van der Waals surface area contributed by atoms with Crippen LogP contribution in [0.4, 0.5) is 0 Å². The van der Waals surface area contributed by atoms with Gasteiger partial charge in [-0.05, 0) is 19.9 Å². The van der Waals surface area contributed by atoms with Crippen LogP contribution in [0.3, 0.4) is 0 Å². The van der Waals surface area contributed by atoms with Gasteiger partial charge in [-0.1, -0.05) is 0 Å².